The normalized spacial score (nSPS) is 42.0. The Kier molecular flexibility index (Phi) is 1.35. The van der Waals surface area contributed by atoms with Crippen LogP contribution < -0.4 is 5.32 Å². The number of hydrogen-bond acceptors (Lipinski definition) is 1. The maximum Gasteiger partial charge on any atom is 0.404 e. The molecule has 2 rings (SSSR count). The summed E-state index contributed by atoms with van der Waals surface area (Å²) in [6.45, 7) is 0. The minimum absolute atomic E-state index is 0.253. The van der Waals surface area contributed by atoms with Gasteiger partial charge in [0.2, 0.25) is 0 Å². The van der Waals surface area contributed by atoms with Gasteiger partial charge in [0.1, 0.15) is 0 Å². The molecule has 0 aromatic carbocycles. The second-order valence-corrected chi connectivity index (χ2v) is 3.51. The first-order valence-electron chi connectivity index (χ1n) is 3.89. The first-order chi connectivity index (χ1) is 5.51. The zero-order valence-corrected chi connectivity index (χ0v) is 6.26. The maximum absolute atomic E-state index is 12.6. The largest absolute Gasteiger partial charge is 0.465 e. The van der Waals surface area contributed by atoms with E-state index in [9.17, 15) is 13.6 Å². The fourth-order valence-corrected chi connectivity index (χ4v) is 2.11. The van der Waals surface area contributed by atoms with E-state index in [0.717, 1.165) is 0 Å². The number of nitrogens with one attached hydrogen (secondary N) is 1. The summed E-state index contributed by atoms with van der Waals surface area (Å²) in [5.74, 6) is -3.62. The molecular formula is C7H9F2NO2. The number of alkyl halides is 2. The van der Waals surface area contributed by atoms with Gasteiger partial charge >= 0.3 is 6.09 Å². The molecule has 0 aromatic rings. The predicted octanol–water partition coefficient (Wildman–Crippen LogP) is 1.30. The van der Waals surface area contributed by atoms with Crippen LogP contribution in [0.2, 0.25) is 0 Å². The van der Waals surface area contributed by atoms with Gasteiger partial charge in [-0.25, -0.2) is 13.6 Å². The minimum Gasteiger partial charge on any atom is -0.465 e. The Bertz CT molecular complexity index is 217. The van der Waals surface area contributed by atoms with Crippen LogP contribution in [0.25, 0.3) is 0 Å². The fourth-order valence-electron chi connectivity index (χ4n) is 2.11. The third-order valence-electron chi connectivity index (χ3n) is 2.77. The van der Waals surface area contributed by atoms with Gasteiger partial charge in [0.15, 0.2) is 0 Å². The smallest absolute Gasteiger partial charge is 0.404 e. The highest BCUT2D eigenvalue weighted by atomic mass is 19.3. The van der Waals surface area contributed by atoms with Gasteiger partial charge in [0.05, 0.1) is 0 Å². The van der Waals surface area contributed by atoms with E-state index in [1.54, 1.807) is 0 Å². The molecule has 0 spiro atoms. The van der Waals surface area contributed by atoms with Crippen LogP contribution in [0.4, 0.5) is 13.6 Å². The molecule has 2 aliphatic rings. The van der Waals surface area contributed by atoms with Crippen LogP contribution in [0.15, 0.2) is 0 Å². The lowest BCUT2D eigenvalue weighted by atomic mass is 10.1. The van der Waals surface area contributed by atoms with Crippen molar-refractivity contribution in [3.63, 3.8) is 0 Å². The van der Waals surface area contributed by atoms with E-state index in [1.807, 2.05) is 0 Å². The molecule has 2 N–H and O–H groups in total. The predicted molar refractivity (Wildman–Crippen MR) is 36.1 cm³/mol. The summed E-state index contributed by atoms with van der Waals surface area (Å²) in [6, 6.07) is -0.253. The zero-order valence-electron chi connectivity index (χ0n) is 6.26. The second-order valence-electron chi connectivity index (χ2n) is 3.51. The average molecular weight is 177 g/mol. The maximum atomic E-state index is 12.6. The third kappa shape index (κ3) is 0.956. The Morgan fingerprint density at radius 3 is 2.33 bits per heavy atom. The van der Waals surface area contributed by atoms with Crippen molar-refractivity contribution >= 4 is 6.09 Å². The topological polar surface area (TPSA) is 49.3 Å². The molecule has 2 unspecified atom stereocenters. The molecule has 2 saturated carbocycles. The van der Waals surface area contributed by atoms with E-state index >= 15 is 0 Å². The van der Waals surface area contributed by atoms with Gasteiger partial charge in [-0.1, -0.05) is 0 Å². The molecule has 12 heavy (non-hydrogen) atoms. The van der Waals surface area contributed by atoms with Crippen molar-refractivity contribution in [3.8, 4) is 0 Å². The molecule has 0 saturated heterocycles. The van der Waals surface area contributed by atoms with Crippen molar-refractivity contribution in [3.05, 3.63) is 0 Å². The average Bonchev–Trinajstić information content (AvgIpc) is 2.38. The van der Waals surface area contributed by atoms with E-state index in [4.69, 9.17) is 5.11 Å². The standard InChI is InChI=1S/C7H9F2NO2/c8-7(9)4-1-3(2-5(4)7)10-6(11)12/h3-5,10H,1-2H2,(H,11,12). The van der Waals surface area contributed by atoms with Crippen LogP contribution in [0.3, 0.4) is 0 Å². The SMILES string of the molecule is O=C(O)NC1CC2C(C1)C2(F)F. The molecule has 0 bridgehead atoms. The molecule has 2 aliphatic carbocycles. The number of hydrogen-bond donors (Lipinski definition) is 2. The summed E-state index contributed by atoms with van der Waals surface area (Å²) in [5.41, 5.74) is 0. The molecule has 5 heteroatoms. The van der Waals surface area contributed by atoms with Crippen LogP contribution in [-0.4, -0.2) is 23.2 Å². The van der Waals surface area contributed by atoms with Crippen LogP contribution in [-0.2, 0) is 0 Å². The number of rotatable bonds is 1. The van der Waals surface area contributed by atoms with Gasteiger partial charge < -0.3 is 10.4 Å². The Labute approximate surface area is 67.8 Å². The summed E-state index contributed by atoms with van der Waals surface area (Å²) >= 11 is 0. The van der Waals surface area contributed by atoms with Crippen molar-refractivity contribution in [1.82, 2.24) is 5.32 Å². The highest BCUT2D eigenvalue weighted by Gasteiger charge is 2.71. The molecule has 3 nitrogen and oxygen atoms in total. The van der Waals surface area contributed by atoms with Crippen molar-refractivity contribution < 1.29 is 18.7 Å². The second kappa shape index (κ2) is 2.08. The van der Waals surface area contributed by atoms with Crippen molar-refractivity contribution in [2.45, 2.75) is 24.8 Å². The Hall–Kier alpha value is -0.870. The molecular weight excluding hydrogens is 168 g/mol. The Balaban J connectivity index is 1.86. The van der Waals surface area contributed by atoms with E-state index < -0.39 is 23.9 Å². The Morgan fingerprint density at radius 1 is 1.42 bits per heavy atom. The first kappa shape index (κ1) is 7.76. The molecule has 1 amide bonds. The molecule has 0 radical (unpaired) electrons. The summed E-state index contributed by atoms with van der Waals surface area (Å²) in [5, 5.41) is 10.5. The molecule has 0 aromatic heterocycles. The number of carbonyl (C=O) groups is 1. The van der Waals surface area contributed by atoms with E-state index in [1.165, 1.54) is 0 Å². The van der Waals surface area contributed by atoms with E-state index in [0.29, 0.717) is 12.8 Å². The molecule has 0 heterocycles. The summed E-state index contributed by atoms with van der Waals surface area (Å²) < 4.78 is 25.2. The first-order valence-corrected chi connectivity index (χ1v) is 3.89. The lowest BCUT2D eigenvalue weighted by molar-refractivity contribution is 0.0671. The van der Waals surface area contributed by atoms with Crippen molar-refractivity contribution in [2.24, 2.45) is 11.8 Å². The number of halogens is 2. The number of carboxylic acid groups (broad SMARTS) is 1. The fraction of sp³-hybridized carbons (Fsp3) is 0.857. The van der Waals surface area contributed by atoms with Gasteiger partial charge in [-0.3, -0.25) is 0 Å². The van der Waals surface area contributed by atoms with E-state index in [2.05, 4.69) is 5.32 Å². The van der Waals surface area contributed by atoms with Crippen molar-refractivity contribution in [2.75, 3.05) is 0 Å². The summed E-state index contributed by atoms with van der Waals surface area (Å²) in [7, 11) is 0. The highest BCUT2D eigenvalue weighted by molar-refractivity contribution is 5.65. The van der Waals surface area contributed by atoms with Crippen LogP contribution in [0.5, 0.6) is 0 Å². The molecule has 0 aliphatic heterocycles. The lowest BCUT2D eigenvalue weighted by Crippen LogP contribution is -2.33. The minimum atomic E-state index is -2.50. The van der Waals surface area contributed by atoms with Gasteiger partial charge in [-0.15, -0.1) is 0 Å². The van der Waals surface area contributed by atoms with Gasteiger partial charge in [0, 0.05) is 17.9 Å². The lowest BCUT2D eigenvalue weighted by Gasteiger charge is -2.13. The summed E-state index contributed by atoms with van der Waals surface area (Å²) in [6.07, 6.45) is -0.530. The Morgan fingerprint density at radius 2 is 1.92 bits per heavy atom. The highest BCUT2D eigenvalue weighted by Crippen LogP contribution is 2.63. The van der Waals surface area contributed by atoms with Crippen LogP contribution in [0, 0.1) is 11.8 Å². The number of fused-ring (bicyclic) bond motifs is 1. The molecule has 68 valence electrons. The van der Waals surface area contributed by atoms with Crippen LogP contribution in [0.1, 0.15) is 12.8 Å². The molecule has 2 fully saturated rings. The number of amides is 1. The van der Waals surface area contributed by atoms with Gasteiger partial charge in [-0.05, 0) is 12.8 Å². The quantitative estimate of drug-likeness (QED) is 0.634. The van der Waals surface area contributed by atoms with Gasteiger partial charge in [0.25, 0.3) is 5.92 Å². The summed E-state index contributed by atoms with van der Waals surface area (Å²) in [4.78, 5) is 10.1. The van der Waals surface area contributed by atoms with Gasteiger partial charge in [-0.2, -0.15) is 0 Å². The third-order valence-corrected chi connectivity index (χ3v) is 2.77. The van der Waals surface area contributed by atoms with E-state index in [-0.39, 0.29) is 6.04 Å². The monoisotopic (exact) mass is 177 g/mol. The van der Waals surface area contributed by atoms with Crippen molar-refractivity contribution in [1.29, 1.82) is 0 Å². The molecule has 2 atom stereocenters. The van der Waals surface area contributed by atoms with Crippen LogP contribution >= 0.6 is 0 Å². The zero-order chi connectivity index (χ0) is 8.93.